The van der Waals surface area contributed by atoms with Gasteiger partial charge in [0.05, 0.1) is 22.0 Å². The number of hydrogen-bond acceptors (Lipinski definition) is 5. The van der Waals surface area contributed by atoms with Gasteiger partial charge in [0.15, 0.2) is 5.78 Å². The number of thiophene rings is 1. The van der Waals surface area contributed by atoms with E-state index >= 15 is 0 Å². The molecule has 0 atom stereocenters. The maximum absolute atomic E-state index is 12.4. The molecule has 0 saturated carbocycles. The Balaban J connectivity index is 1.76. The summed E-state index contributed by atoms with van der Waals surface area (Å²) in [4.78, 5) is 30.4. The van der Waals surface area contributed by atoms with Crippen molar-refractivity contribution >= 4 is 40.1 Å². The first-order valence-electron chi connectivity index (χ1n) is 7.44. The van der Waals surface area contributed by atoms with E-state index in [1.807, 2.05) is 24.4 Å². The van der Waals surface area contributed by atoms with Gasteiger partial charge in [0.1, 0.15) is 0 Å². The third-order valence-corrected chi connectivity index (χ3v) is 5.28. The minimum absolute atomic E-state index is 0.0239. The maximum atomic E-state index is 12.4. The summed E-state index contributed by atoms with van der Waals surface area (Å²) in [7, 11) is 0. The lowest BCUT2D eigenvalue weighted by molar-refractivity contribution is -0.115. The van der Waals surface area contributed by atoms with Crippen molar-refractivity contribution in [1.29, 1.82) is 0 Å². The van der Waals surface area contributed by atoms with Crippen LogP contribution in [-0.4, -0.2) is 16.7 Å². The fourth-order valence-corrected chi connectivity index (χ4v) is 4.12. The molecule has 0 unspecified atom stereocenters. The van der Waals surface area contributed by atoms with Gasteiger partial charge in [-0.3, -0.25) is 9.59 Å². The summed E-state index contributed by atoms with van der Waals surface area (Å²) in [6.07, 6.45) is 0.267. The number of rotatable bonds is 5. The van der Waals surface area contributed by atoms with Crippen LogP contribution >= 0.6 is 22.7 Å². The molecule has 6 heteroatoms. The van der Waals surface area contributed by atoms with Crippen molar-refractivity contribution in [2.75, 3.05) is 5.32 Å². The number of carbonyl (C=O) groups excluding carboxylic acids is 2. The number of Topliss-reactive ketones (excluding diaryl/α,β-unsaturated/α-hetero) is 1. The van der Waals surface area contributed by atoms with Gasteiger partial charge >= 0.3 is 0 Å². The molecule has 24 heavy (non-hydrogen) atoms. The van der Waals surface area contributed by atoms with Crippen LogP contribution in [0.15, 0.2) is 41.8 Å². The summed E-state index contributed by atoms with van der Waals surface area (Å²) in [5.74, 6) is -0.138. The summed E-state index contributed by atoms with van der Waals surface area (Å²) in [5.41, 5.74) is 2.10. The monoisotopic (exact) mass is 356 g/mol. The van der Waals surface area contributed by atoms with Crippen LogP contribution in [-0.2, 0) is 11.2 Å². The van der Waals surface area contributed by atoms with Crippen LogP contribution in [0.2, 0.25) is 0 Å². The maximum Gasteiger partial charge on any atom is 0.229 e. The highest BCUT2D eigenvalue weighted by Crippen LogP contribution is 2.31. The van der Waals surface area contributed by atoms with E-state index in [2.05, 4.69) is 10.3 Å². The fraction of sp³-hybridized carbons (Fsp3) is 0.167. The molecular formula is C18H16N2O2S2. The molecular weight excluding hydrogens is 340 g/mol. The number of anilines is 1. The van der Waals surface area contributed by atoms with E-state index in [9.17, 15) is 9.59 Å². The Morgan fingerprint density at radius 3 is 2.75 bits per heavy atom. The van der Waals surface area contributed by atoms with Gasteiger partial charge in [0, 0.05) is 16.1 Å². The number of thiazole rings is 1. The lowest BCUT2D eigenvalue weighted by Gasteiger charge is -2.06. The van der Waals surface area contributed by atoms with Crippen molar-refractivity contribution in [2.24, 2.45) is 0 Å². The van der Waals surface area contributed by atoms with E-state index in [0.29, 0.717) is 11.3 Å². The molecule has 0 saturated heterocycles. The third-order valence-electron chi connectivity index (χ3n) is 3.43. The van der Waals surface area contributed by atoms with E-state index in [-0.39, 0.29) is 18.1 Å². The quantitative estimate of drug-likeness (QED) is 0.682. The molecule has 2 heterocycles. The van der Waals surface area contributed by atoms with Crippen LogP contribution in [0.25, 0.3) is 10.6 Å². The van der Waals surface area contributed by atoms with E-state index in [4.69, 9.17) is 0 Å². The first-order valence-corrected chi connectivity index (χ1v) is 9.13. The van der Waals surface area contributed by atoms with Gasteiger partial charge in [0.2, 0.25) is 5.91 Å². The Hall–Kier alpha value is -2.31. The minimum Gasteiger partial charge on any atom is -0.326 e. The molecule has 2 aromatic heterocycles. The molecule has 3 rings (SSSR count). The molecule has 0 aliphatic rings. The molecule has 0 bridgehead atoms. The summed E-state index contributed by atoms with van der Waals surface area (Å²) < 4.78 is 0. The average Bonchev–Trinajstić information content (AvgIpc) is 3.17. The van der Waals surface area contributed by atoms with Gasteiger partial charge < -0.3 is 5.32 Å². The van der Waals surface area contributed by atoms with Gasteiger partial charge in [-0.1, -0.05) is 18.2 Å². The number of nitrogens with one attached hydrogen (secondary N) is 1. The number of carbonyl (C=O) groups is 2. The molecule has 1 amide bonds. The molecule has 0 radical (unpaired) electrons. The molecule has 3 aromatic rings. The largest absolute Gasteiger partial charge is 0.326 e. The summed E-state index contributed by atoms with van der Waals surface area (Å²) in [6.45, 7) is 3.45. The first kappa shape index (κ1) is 16.5. The zero-order chi connectivity index (χ0) is 17.1. The summed E-state index contributed by atoms with van der Waals surface area (Å²) in [5, 5.41) is 5.80. The number of benzene rings is 1. The van der Waals surface area contributed by atoms with Crippen LogP contribution in [0.5, 0.6) is 0 Å². The SMILES string of the molecule is CC(=O)c1cccc(NC(=O)Cc2sc(C)nc2-c2cccs2)c1. The Morgan fingerprint density at radius 1 is 1.21 bits per heavy atom. The molecule has 0 aliphatic heterocycles. The second-order valence-electron chi connectivity index (χ2n) is 5.34. The molecule has 122 valence electrons. The Labute approximate surface area is 148 Å². The number of aromatic nitrogens is 1. The first-order chi connectivity index (χ1) is 11.5. The van der Waals surface area contributed by atoms with E-state index in [1.165, 1.54) is 6.92 Å². The highest BCUT2D eigenvalue weighted by molar-refractivity contribution is 7.15. The van der Waals surface area contributed by atoms with E-state index in [0.717, 1.165) is 20.5 Å². The fourth-order valence-electron chi connectivity index (χ4n) is 2.36. The second kappa shape index (κ2) is 7.07. The molecule has 0 aliphatic carbocycles. The van der Waals surface area contributed by atoms with Crippen molar-refractivity contribution in [3.8, 4) is 10.6 Å². The average molecular weight is 356 g/mol. The molecule has 1 aromatic carbocycles. The topological polar surface area (TPSA) is 59.1 Å². The summed E-state index contributed by atoms with van der Waals surface area (Å²) >= 11 is 3.15. The smallest absolute Gasteiger partial charge is 0.229 e. The van der Waals surface area contributed by atoms with Gasteiger partial charge in [-0.05, 0) is 37.4 Å². The zero-order valence-electron chi connectivity index (χ0n) is 13.3. The van der Waals surface area contributed by atoms with Gasteiger partial charge in [-0.2, -0.15) is 0 Å². The standard InChI is InChI=1S/C18H16N2O2S2/c1-11(21)13-5-3-6-14(9-13)20-17(22)10-16-18(19-12(2)24-16)15-7-4-8-23-15/h3-9H,10H2,1-2H3,(H,20,22). The number of aryl methyl sites for hydroxylation is 1. The molecule has 1 N–H and O–H groups in total. The van der Waals surface area contributed by atoms with Crippen molar-refractivity contribution < 1.29 is 9.59 Å². The van der Waals surface area contributed by atoms with Gasteiger partial charge in [-0.25, -0.2) is 4.98 Å². The van der Waals surface area contributed by atoms with Crippen LogP contribution in [0.3, 0.4) is 0 Å². The van der Waals surface area contributed by atoms with Gasteiger partial charge in [-0.15, -0.1) is 22.7 Å². The van der Waals surface area contributed by atoms with Crippen molar-refractivity contribution in [1.82, 2.24) is 4.98 Å². The molecule has 0 spiro atoms. The molecule has 4 nitrogen and oxygen atoms in total. The number of nitrogens with zero attached hydrogens (tertiary/aromatic N) is 1. The second-order valence-corrected chi connectivity index (χ2v) is 7.58. The Kier molecular flexibility index (Phi) is 4.87. The minimum atomic E-state index is -0.114. The van der Waals surface area contributed by atoms with E-state index < -0.39 is 0 Å². The lowest BCUT2D eigenvalue weighted by Crippen LogP contribution is -2.14. The normalized spacial score (nSPS) is 10.6. The number of ketones is 1. The Morgan fingerprint density at radius 2 is 2.04 bits per heavy atom. The summed E-state index contributed by atoms with van der Waals surface area (Å²) in [6, 6.07) is 11.0. The van der Waals surface area contributed by atoms with Crippen molar-refractivity contribution in [2.45, 2.75) is 20.3 Å². The predicted molar refractivity (Wildman–Crippen MR) is 98.9 cm³/mol. The third kappa shape index (κ3) is 3.77. The highest BCUT2D eigenvalue weighted by atomic mass is 32.1. The van der Waals surface area contributed by atoms with Crippen molar-refractivity contribution in [3.05, 3.63) is 57.2 Å². The van der Waals surface area contributed by atoms with Crippen LogP contribution in [0.1, 0.15) is 27.2 Å². The van der Waals surface area contributed by atoms with Crippen molar-refractivity contribution in [3.63, 3.8) is 0 Å². The van der Waals surface area contributed by atoms with Crippen LogP contribution in [0.4, 0.5) is 5.69 Å². The number of hydrogen-bond donors (Lipinski definition) is 1. The zero-order valence-corrected chi connectivity index (χ0v) is 15.0. The Bertz CT molecular complexity index is 882. The number of amides is 1. The predicted octanol–water partition coefficient (Wildman–Crippen LogP) is 4.56. The molecule has 0 fully saturated rings. The van der Waals surface area contributed by atoms with Crippen LogP contribution < -0.4 is 5.32 Å². The highest BCUT2D eigenvalue weighted by Gasteiger charge is 2.15. The van der Waals surface area contributed by atoms with Crippen LogP contribution in [0, 0.1) is 6.92 Å². The van der Waals surface area contributed by atoms with Gasteiger partial charge in [0.25, 0.3) is 0 Å². The van der Waals surface area contributed by atoms with E-state index in [1.54, 1.807) is 46.9 Å². The lowest BCUT2D eigenvalue weighted by atomic mass is 10.1.